The van der Waals surface area contributed by atoms with Crippen LogP contribution in [0.4, 0.5) is 10.5 Å². The Morgan fingerprint density at radius 1 is 0.962 bits per heavy atom. The topological polar surface area (TPSA) is 85.9 Å². The maximum Gasteiger partial charge on any atom is 0.337 e. The van der Waals surface area contributed by atoms with Gasteiger partial charge in [-0.05, 0) is 49.4 Å². The summed E-state index contributed by atoms with van der Waals surface area (Å²) in [6, 6.07) is 11.1. The van der Waals surface area contributed by atoms with Crippen molar-refractivity contribution in [1.82, 2.24) is 5.32 Å². The monoisotopic (exact) mass is 358 g/mol. The number of rotatable bonds is 6. The van der Waals surface area contributed by atoms with Gasteiger partial charge < -0.3 is 24.8 Å². The fourth-order valence-corrected chi connectivity index (χ4v) is 2.43. The van der Waals surface area contributed by atoms with E-state index >= 15 is 0 Å². The third-order valence-corrected chi connectivity index (χ3v) is 3.81. The highest BCUT2D eigenvalue weighted by molar-refractivity contribution is 5.92. The molecule has 0 fully saturated rings. The van der Waals surface area contributed by atoms with Crippen LogP contribution < -0.4 is 20.1 Å². The normalized spacial score (nSPS) is 11.2. The molecule has 2 aromatic carbocycles. The number of anilines is 1. The van der Waals surface area contributed by atoms with Gasteiger partial charge in [-0.25, -0.2) is 9.59 Å². The van der Waals surface area contributed by atoms with Crippen molar-refractivity contribution in [2.75, 3.05) is 26.6 Å². The van der Waals surface area contributed by atoms with Gasteiger partial charge in [0.1, 0.15) is 11.5 Å². The van der Waals surface area contributed by atoms with E-state index in [1.54, 1.807) is 50.6 Å². The summed E-state index contributed by atoms with van der Waals surface area (Å²) in [6.45, 7) is 1.84. The van der Waals surface area contributed by atoms with Gasteiger partial charge in [0.2, 0.25) is 0 Å². The second-order valence-corrected chi connectivity index (χ2v) is 5.50. The Balaban J connectivity index is 2.04. The van der Waals surface area contributed by atoms with E-state index in [0.29, 0.717) is 22.7 Å². The fraction of sp³-hybridized carbons (Fsp3) is 0.263. The number of carbonyl (C=O) groups is 2. The summed E-state index contributed by atoms with van der Waals surface area (Å²) in [5.41, 5.74) is 1.76. The minimum absolute atomic E-state index is 0.311. The van der Waals surface area contributed by atoms with Crippen LogP contribution in [0, 0.1) is 0 Å². The van der Waals surface area contributed by atoms with Gasteiger partial charge >= 0.3 is 12.0 Å². The zero-order chi connectivity index (χ0) is 19.1. The molecule has 26 heavy (non-hydrogen) atoms. The quantitative estimate of drug-likeness (QED) is 0.773. The van der Waals surface area contributed by atoms with Crippen LogP contribution in [-0.2, 0) is 4.74 Å². The van der Waals surface area contributed by atoms with E-state index in [-0.39, 0.29) is 12.1 Å². The molecule has 138 valence electrons. The van der Waals surface area contributed by atoms with E-state index in [4.69, 9.17) is 9.47 Å². The molecule has 2 amide bonds. The summed E-state index contributed by atoms with van der Waals surface area (Å²) in [4.78, 5) is 23.7. The number of urea groups is 1. The van der Waals surface area contributed by atoms with Crippen LogP contribution >= 0.6 is 0 Å². The molecule has 0 heterocycles. The fourth-order valence-electron chi connectivity index (χ4n) is 2.43. The smallest absolute Gasteiger partial charge is 0.337 e. The second-order valence-electron chi connectivity index (χ2n) is 5.50. The molecule has 1 atom stereocenters. The summed E-state index contributed by atoms with van der Waals surface area (Å²) in [5, 5.41) is 5.56. The van der Waals surface area contributed by atoms with Gasteiger partial charge in [-0.3, -0.25) is 0 Å². The van der Waals surface area contributed by atoms with Crippen molar-refractivity contribution in [2.45, 2.75) is 13.0 Å². The van der Waals surface area contributed by atoms with Gasteiger partial charge in [-0.2, -0.15) is 0 Å². The average molecular weight is 358 g/mol. The Bertz CT molecular complexity index is 774. The first-order chi connectivity index (χ1) is 12.5. The lowest BCUT2D eigenvalue weighted by molar-refractivity contribution is 0.0600. The van der Waals surface area contributed by atoms with Crippen LogP contribution in [0.15, 0.2) is 42.5 Å². The van der Waals surface area contributed by atoms with E-state index < -0.39 is 5.97 Å². The van der Waals surface area contributed by atoms with Crippen molar-refractivity contribution < 1.29 is 23.8 Å². The number of methoxy groups -OCH3 is 3. The first-order valence-electron chi connectivity index (χ1n) is 7.96. The van der Waals surface area contributed by atoms with Gasteiger partial charge in [0.05, 0.1) is 32.9 Å². The molecule has 2 N–H and O–H groups in total. The molecular formula is C19H22N2O5. The number of benzene rings is 2. The molecule has 0 aromatic heterocycles. The number of hydrogen-bond acceptors (Lipinski definition) is 5. The van der Waals surface area contributed by atoms with Crippen molar-refractivity contribution in [2.24, 2.45) is 0 Å². The molecule has 0 saturated carbocycles. The van der Waals surface area contributed by atoms with Crippen LogP contribution in [0.25, 0.3) is 0 Å². The van der Waals surface area contributed by atoms with Crippen molar-refractivity contribution >= 4 is 17.7 Å². The Hall–Kier alpha value is -3.22. The summed E-state index contributed by atoms with van der Waals surface area (Å²) in [5.74, 6) is 0.897. The number of esters is 1. The van der Waals surface area contributed by atoms with Crippen LogP contribution in [-0.4, -0.2) is 33.3 Å². The van der Waals surface area contributed by atoms with Crippen molar-refractivity contribution in [3.8, 4) is 11.5 Å². The zero-order valence-electron chi connectivity index (χ0n) is 15.2. The van der Waals surface area contributed by atoms with Gasteiger partial charge in [-0.1, -0.05) is 0 Å². The molecule has 0 aliphatic heterocycles. The maximum atomic E-state index is 12.2. The first kappa shape index (κ1) is 19.1. The van der Waals surface area contributed by atoms with Gasteiger partial charge in [0.25, 0.3) is 0 Å². The molecule has 7 heteroatoms. The summed E-state index contributed by atoms with van der Waals surface area (Å²) < 4.78 is 15.2. The van der Waals surface area contributed by atoms with E-state index in [0.717, 1.165) is 5.56 Å². The maximum absolute atomic E-state index is 12.2. The van der Waals surface area contributed by atoms with E-state index in [1.807, 2.05) is 13.0 Å². The van der Waals surface area contributed by atoms with E-state index in [2.05, 4.69) is 15.4 Å². The number of amides is 2. The number of carbonyl (C=O) groups excluding carboxylic acids is 2. The lowest BCUT2D eigenvalue weighted by Crippen LogP contribution is -2.31. The third kappa shape index (κ3) is 4.66. The number of hydrogen-bond donors (Lipinski definition) is 2. The predicted octanol–water partition coefficient (Wildman–Crippen LogP) is 3.37. The minimum atomic E-state index is -0.431. The van der Waals surface area contributed by atoms with Crippen LogP contribution in [0.3, 0.4) is 0 Å². The number of nitrogens with one attached hydrogen (secondary N) is 2. The highest BCUT2D eigenvalue weighted by Gasteiger charge is 2.15. The Labute approximate surface area is 152 Å². The van der Waals surface area contributed by atoms with E-state index in [1.165, 1.54) is 7.11 Å². The minimum Gasteiger partial charge on any atom is -0.497 e. The van der Waals surface area contributed by atoms with Crippen LogP contribution in [0.5, 0.6) is 11.5 Å². The van der Waals surface area contributed by atoms with Crippen molar-refractivity contribution in [3.05, 3.63) is 53.6 Å². The Kier molecular flexibility index (Phi) is 6.43. The lowest BCUT2D eigenvalue weighted by Gasteiger charge is -2.18. The Morgan fingerprint density at radius 3 is 2.23 bits per heavy atom. The highest BCUT2D eigenvalue weighted by atomic mass is 16.5. The lowest BCUT2D eigenvalue weighted by atomic mass is 10.1. The standard InChI is InChI=1S/C19H22N2O5/c1-12(16-11-15(24-2)9-10-17(16)25-3)20-19(23)21-14-7-5-13(6-8-14)18(22)26-4/h5-12H,1-4H3,(H2,20,21,23)/t12-/m1/s1. The largest absolute Gasteiger partial charge is 0.497 e. The third-order valence-electron chi connectivity index (χ3n) is 3.81. The molecule has 0 bridgehead atoms. The van der Waals surface area contributed by atoms with Crippen molar-refractivity contribution in [1.29, 1.82) is 0 Å². The summed E-state index contributed by atoms with van der Waals surface area (Å²) in [7, 11) is 4.46. The molecule has 0 radical (unpaired) electrons. The Morgan fingerprint density at radius 2 is 1.65 bits per heavy atom. The molecule has 7 nitrogen and oxygen atoms in total. The highest BCUT2D eigenvalue weighted by Crippen LogP contribution is 2.29. The molecular weight excluding hydrogens is 336 g/mol. The molecule has 0 aliphatic carbocycles. The zero-order valence-corrected chi connectivity index (χ0v) is 15.2. The molecule has 0 saturated heterocycles. The molecule has 0 spiro atoms. The van der Waals surface area contributed by atoms with Crippen molar-refractivity contribution in [3.63, 3.8) is 0 Å². The van der Waals surface area contributed by atoms with Crippen LogP contribution in [0.2, 0.25) is 0 Å². The van der Waals surface area contributed by atoms with Gasteiger partial charge in [0.15, 0.2) is 0 Å². The molecule has 2 aromatic rings. The second kappa shape index (κ2) is 8.75. The van der Waals surface area contributed by atoms with Gasteiger partial charge in [0, 0.05) is 11.3 Å². The molecule has 0 unspecified atom stereocenters. The van der Waals surface area contributed by atoms with Gasteiger partial charge in [-0.15, -0.1) is 0 Å². The van der Waals surface area contributed by atoms with Crippen LogP contribution in [0.1, 0.15) is 28.9 Å². The van der Waals surface area contributed by atoms with E-state index in [9.17, 15) is 9.59 Å². The molecule has 2 rings (SSSR count). The first-order valence-corrected chi connectivity index (χ1v) is 7.96. The average Bonchev–Trinajstić information content (AvgIpc) is 2.67. The number of ether oxygens (including phenoxy) is 3. The summed E-state index contributed by atoms with van der Waals surface area (Å²) >= 11 is 0. The molecule has 0 aliphatic rings. The predicted molar refractivity (Wildman–Crippen MR) is 97.9 cm³/mol. The SMILES string of the molecule is COC(=O)c1ccc(NC(=O)N[C@H](C)c2cc(OC)ccc2OC)cc1. The summed E-state index contributed by atoms with van der Waals surface area (Å²) in [6.07, 6.45) is 0.